The number of rotatable bonds is 7. The molecule has 2 heterocycles. The van der Waals surface area contributed by atoms with Gasteiger partial charge in [-0.05, 0) is 24.6 Å². The van der Waals surface area contributed by atoms with Gasteiger partial charge in [-0.2, -0.15) is 0 Å². The van der Waals surface area contributed by atoms with Crippen LogP contribution in [0.5, 0.6) is 11.5 Å². The maximum absolute atomic E-state index is 11.8. The predicted octanol–water partition coefficient (Wildman–Crippen LogP) is 5.54. The number of benzene rings is 2. The number of carbonyl (C=O) groups is 1. The molecular formula is C25H25Cl2N5O3. The first-order valence-electron chi connectivity index (χ1n) is 10.9. The minimum absolute atomic E-state index is 0.295. The number of carbonyl (C=O) groups excluding carboxylic acids is 1. The van der Waals surface area contributed by atoms with E-state index in [0.29, 0.717) is 58.4 Å². The molecule has 2 N–H and O–H groups in total. The number of halogens is 2. The Morgan fingerprint density at radius 2 is 1.91 bits per heavy atom. The summed E-state index contributed by atoms with van der Waals surface area (Å²) in [5.74, 6) is 1.13. The number of methoxy groups -OCH3 is 2. The van der Waals surface area contributed by atoms with Crippen molar-refractivity contribution in [3.8, 4) is 11.5 Å². The molecule has 1 aromatic heterocycles. The van der Waals surface area contributed by atoms with E-state index in [9.17, 15) is 4.79 Å². The van der Waals surface area contributed by atoms with Crippen LogP contribution in [0, 0.1) is 6.92 Å². The van der Waals surface area contributed by atoms with Gasteiger partial charge in [0, 0.05) is 37.3 Å². The highest BCUT2D eigenvalue weighted by Gasteiger charge is 2.26. The minimum atomic E-state index is -0.295. The van der Waals surface area contributed by atoms with Gasteiger partial charge in [0.2, 0.25) is 11.9 Å². The molecule has 0 fully saturated rings. The van der Waals surface area contributed by atoms with E-state index in [1.807, 2.05) is 25.1 Å². The molecule has 35 heavy (non-hydrogen) atoms. The Labute approximate surface area is 213 Å². The van der Waals surface area contributed by atoms with Crippen molar-refractivity contribution in [1.29, 1.82) is 0 Å². The largest absolute Gasteiger partial charge is 0.495 e. The Morgan fingerprint density at radius 3 is 2.57 bits per heavy atom. The molecule has 0 radical (unpaired) electrons. The number of hydrogen-bond donors (Lipinski definition) is 2. The molecule has 182 valence electrons. The van der Waals surface area contributed by atoms with Crippen molar-refractivity contribution in [1.82, 2.24) is 9.97 Å². The Balaban J connectivity index is 1.61. The highest BCUT2D eigenvalue weighted by atomic mass is 35.5. The molecule has 0 unspecified atom stereocenters. The molecule has 1 aliphatic heterocycles. The monoisotopic (exact) mass is 513 g/mol. The third-order valence-electron chi connectivity index (χ3n) is 5.75. The first kappa shape index (κ1) is 24.6. The zero-order chi connectivity index (χ0) is 25.1. The van der Waals surface area contributed by atoms with Gasteiger partial charge in [0.05, 0.1) is 37.0 Å². The van der Waals surface area contributed by atoms with Crippen molar-refractivity contribution >= 4 is 52.1 Å². The first-order valence-corrected chi connectivity index (χ1v) is 11.6. The summed E-state index contributed by atoms with van der Waals surface area (Å²) in [6.45, 7) is 6.62. The van der Waals surface area contributed by atoms with Crippen LogP contribution >= 0.6 is 23.2 Å². The molecule has 0 saturated heterocycles. The number of amides is 1. The summed E-state index contributed by atoms with van der Waals surface area (Å²) in [6.07, 6.45) is 3.67. The summed E-state index contributed by atoms with van der Waals surface area (Å²) in [5.41, 5.74) is 4.82. The van der Waals surface area contributed by atoms with Gasteiger partial charge >= 0.3 is 0 Å². The fourth-order valence-corrected chi connectivity index (χ4v) is 4.69. The van der Waals surface area contributed by atoms with E-state index in [1.54, 1.807) is 26.5 Å². The van der Waals surface area contributed by atoms with Gasteiger partial charge in [-0.1, -0.05) is 41.9 Å². The van der Waals surface area contributed by atoms with E-state index in [1.165, 1.54) is 6.08 Å². The highest BCUT2D eigenvalue weighted by Crippen LogP contribution is 2.47. The van der Waals surface area contributed by atoms with Gasteiger partial charge in [-0.3, -0.25) is 4.79 Å². The van der Waals surface area contributed by atoms with Crippen LogP contribution in [0.15, 0.2) is 43.1 Å². The number of aromatic nitrogens is 2. The quantitative estimate of drug-likeness (QED) is 0.401. The zero-order valence-corrected chi connectivity index (χ0v) is 21.1. The van der Waals surface area contributed by atoms with Crippen molar-refractivity contribution in [2.75, 3.05) is 36.3 Å². The summed E-state index contributed by atoms with van der Waals surface area (Å²) >= 11 is 13.2. The fourth-order valence-electron chi connectivity index (χ4n) is 3.95. The number of nitrogens with zero attached hydrogens (tertiary/aromatic N) is 3. The van der Waals surface area contributed by atoms with Crippen LogP contribution in [-0.2, 0) is 17.8 Å². The minimum Gasteiger partial charge on any atom is -0.495 e. The average molecular weight is 514 g/mol. The molecule has 10 heteroatoms. The average Bonchev–Trinajstić information content (AvgIpc) is 2.86. The summed E-state index contributed by atoms with van der Waals surface area (Å²) < 4.78 is 10.8. The number of hydrogen-bond acceptors (Lipinski definition) is 7. The lowest BCUT2D eigenvalue weighted by atomic mass is 10.1. The second kappa shape index (κ2) is 10.4. The van der Waals surface area contributed by atoms with Crippen LogP contribution in [0.3, 0.4) is 0 Å². The maximum atomic E-state index is 11.8. The van der Waals surface area contributed by atoms with Gasteiger partial charge in [-0.25, -0.2) is 9.97 Å². The van der Waals surface area contributed by atoms with E-state index in [-0.39, 0.29) is 5.91 Å². The Morgan fingerprint density at radius 1 is 1.20 bits per heavy atom. The molecule has 2 aromatic carbocycles. The molecule has 0 saturated carbocycles. The van der Waals surface area contributed by atoms with Crippen LogP contribution in [0.25, 0.3) is 0 Å². The zero-order valence-electron chi connectivity index (χ0n) is 19.6. The molecule has 0 bridgehead atoms. The Bertz CT molecular complexity index is 1270. The predicted molar refractivity (Wildman–Crippen MR) is 140 cm³/mol. The van der Waals surface area contributed by atoms with Crippen molar-refractivity contribution < 1.29 is 14.3 Å². The molecule has 1 aliphatic rings. The summed E-state index contributed by atoms with van der Waals surface area (Å²) in [7, 11) is 3.10. The van der Waals surface area contributed by atoms with Crippen molar-refractivity contribution in [2.45, 2.75) is 19.9 Å². The lowest BCUT2D eigenvalue weighted by Gasteiger charge is -2.32. The molecule has 4 rings (SSSR count). The van der Waals surface area contributed by atoms with Gasteiger partial charge in [0.25, 0.3) is 0 Å². The molecule has 1 amide bonds. The van der Waals surface area contributed by atoms with E-state index in [4.69, 9.17) is 37.7 Å². The summed E-state index contributed by atoms with van der Waals surface area (Å²) in [6, 6.07) is 7.29. The Kier molecular flexibility index (Phi) is 7.33. The molecule has 8 nitrogen and oxygen atoms in total. The van der Waals surface area contributed by atoms with Crippen LogP contribution in [0.2, 0.25) is 10.0 Å². The maximum Gasteiger partial charge on any atom is 0.247 e. The molecular weight excluding hydrogens is 489 g/mol. The van der Waals surface area contributed by atoms with Crippen LogP contribution in [0.4, 0.5) is 23.0 Å². The van der Waals surface area contributed by atoms with Crippen molar-refractivity contribution in [3.05, 3.63) is 70.0 Å². The third-order valence-corrected chi connectivity index (χ3v) is 6.48. The highest BCUT2D eigenvalue weighted by molar-refractivity contribution is 6.41. The molecule has 0 aliphatic carbocycles. The van der Waals surface area contributed by atoms with Crippen molar-refractivity contribution in [3.63, 3.8) is 0 Å². The van der Waals surface area contributed by atoms with E-state index in [2.05, 4.69) is 27.1 Å². The van der Waals surface area contributed by atoms with Crippen molar-refractivity contribution in [2.24, 2.45) is 0 Å². The van der Waals surface area contributed by atoms with Gasteiger partial charge < -0.3 is 25.0 Å². The van der Waals surface area contributed by atoms with E-state index >= 15 is 0 Å². The molecule has 0 atom stereocenters. The second-order valence-corrected chi connectivity index (χ2v) is 8.67. The van der Waals surface area contributed by atoms with Gasteiger partial charge in [-0.15, -0.1) is 0 Å². The summed E-state index contributed by atoms with van der Waals surface area (Å²) in [5, 5.41) is 6.91. The lowest BCUT2D eigenvalue weighted by molar-refractivity contribution is -0.111. The number of ether oxygens (including phenoxy) is 2. The smallest absolute Gasteiger partial charge is 0.247 e. The SMILES string of the molecule is C=CC(=O)Nc1cccc(C)c1Nc1ncc2c(n1)CCN(c1c(Cl)c(OC)cc(OC)c1Cl)C2. The first-order chi connectivity index (χ1) is 16.9. The van der Waals surface area contributed by atoms with E-state index in [0.717, 1.165) is 22.5 Å². The lowest BCUT2D eigenvalue weighted by Crippen LogP contribution is -2.32. The number of fused-ring (bicyclic) bond motifs is 1. The number of nitrogens with one attached hydrogen (secondary N) is 2. The van der Waals surface area contributed by atoms with Crippen LogP contribution in [0.1, 0.15) is 16.8 Å². The Hall–Kier alpha value is -3.49. The number of aryl methyl sites for hydroxylation is 1. The topological polar surface area (TPSA) is 88.6 Å². The third kappa shape index (κ3) is 4.99. The summed E-state index contributed by atoms with van der Waals surface area (Å²) in [4.78, 5) is 23.2. The molecule has 0 spiro atoms. The normalized spacial score (nSPS) is 12.5. The standard InChI is InChI=1S/C25H25Cl2N5O3/c1-5-20(33)29-17-8-6-7-14(2)23(17)31-25-28-12-15-13-32(10-9-16(15)30-25)24-21(26)18(34-3)11-19(35-4)22(24)27/h5-8,11-12H,1,9-10,13H2,2-4H3,(H,29,33)(H,28,30,31). The van der Waals surface area contributed by atoms with Gasteiger partial charge in [0.1, 0.15) is 21.5 Å². The van der Waals surface area contributed by atoms with Gasteiger partial charge in [0.15, 0.2) is 0 Å². The number of anilines is 4. The van der Waals surface area contributed by atoms with Crippen LogP contribution in [-0.4, -0.2) is 36.6 Å². The molecule has 3 aromatic rings. The number of para-hydroxylation sites is 1. The van der Waals surface area contributed by atoms with E-state index < -0.39 is 0 Å². The second-order valence-electron chi connectivity index (χ2n) is 7.91. The van der Waals surface area contributed by atoms with Crippen LogP contribution < -0.4 is 25.0 Å². The fraction of sp³-hybridized carbons (Fsp3) is 0.240.